The molecule has 2 aromatic heterocycles. The average molecular weight is 194 g/mol. The number of carboxylic acid groups (broad SMARTS) is 1. The molecule has 0 unspecified atom stereocenters. The van der Waals surface area contributed by atoms with Crippen molar-refractivity contribution in [3.63, 3.8) is 0 Å². The highest BCUT2D eigenvalue weighted by atomic mass is 16.4. The Labute approximate surface area is 78.2 Å². The first-order valence-electron chi connectivity index (χ1n) is 3.79. The molecule has 0 saturated heterocycles. The number of rotatable bonds is 2. The number of aryl methyl sites for hydroxylation is 1. The van der Waals surface area contributed by atoms with Gasteiger partial charge in [0.25, 0.3) is 11.8 Å². The van der Waals surface area contributed by atoms with E-state index < -0.39 is 5.97 Å². The number of aromatic nitrogens is 2. The first-order chi connectivity index (χ1) is 6.68. The molecule has 0 spiro atoms. The van der Waals surface area contributed by atoms with Crippen LogP contribution in [0.1, 0.15) is 16.2 Å². The Morgan fingerprint density at radius 2 is 2.29 bits per heavy atom. The summed E-state index contributed by atoms with van der Waals surface area (Å²) in [7, 11) is 0. The molecule has 2 aromatic rings. The van der Waals surface area contributed by atoms with E-state index in [0.29, 0.717) is 0 Å². The van der Waals surface area contributed by atoms with Gasteiger partial charge in [-0.1, -0.05) is 0 Å². The molecule has 6 heteroatoms. The summed E-state index contributed by atoms with van der Waals surface area (Å²) >= 11 is 0. The maximum absolute atomic E-state index is 10.6. The van der Waals surface area contributed by atoms with Gasteiger partial charge in [0.1, 0.15) is 12.0 Å². The minimum atomic E-state index is -1.14. The van der Waals surface area contributed by atoms with Crippen molar-refractivity contribution in [1.29, 1.82) is 0 Å². The second-order valence-corrected chi connectivity index (χ2v) is 2.57. The van der Waals surface area contributed by atoms with Gasteiger partial charge in [0, 0.05) is 0 Å². The zero-order chi connectivity index (χ0) is 10.1. The van der Waals surface area contributed by atoms with E-state index >= 15 is 0 Å². The van der Waals surface area contributed by atoms with Crippen LogP contribution >= 0.6 is 0 Å². The number of hydrogen-bond donors (Lipinski definition) is 1. The highest BCUT2D eigenvalue weighted by Gasteiger charge is 2.18. The summed E-state index contributed by atoms with van der Waals surface area (Å²) in [5, 5.41) is 8.70. The summed E-state index contributed by atoms with van der Waals surface area (Å²) in [5.41, 5.74) is -0.127. The molecule has 0 aliphatic rings. The summed E-state index contributed by atoms with van der Waals surface area (Å²) in [6, 6.07) is 0. The van der Waals surface area contributed by atoms with Crippen LogP contribution in [0.4, 0.5) is 0 Å². The molecule has 6 nitrogen and oxygen atoms in total. The van der Waals surface area contributed by atoms with Gasteiger partial charge in [0.05, 0.1) is 6.20 Å². The Morgan fingerprint density at radius 1 is 1.50 bits per heavy atom. The molecule has 0 bridgehead atoms. The van der Waals surface area contributed by atoms with Crippen LogP contribution in [-0.4, -0.2) is 21.0 Å². The molecule has 0 atom stereocenters. The van der Waals surface area contributed by atoms with Gasteiger partial charge in [0.15, 0.2) is 5.69 Å². The smallest absolute Gasteiger partial charge is 0.358 e. The van der Waals surface area contributed by atoms with E-state index in [0.717, 1.165) is 0 Å². The lowest BCUT2D eigenvalue weighted by molar-refractivity contribution is 0.0689. The zero-order valence-electron chi connectivity index (χ0n) is 7.22. The quantitative estimate of drug-likeness (QED) is 0.775. The maximum atomic E-state index is 10.6. The molecular weight excluding hydrogens is 188 g/mol. The Morgan fingerprint density at radius 3 is 2.79 bits per heavy atom. The van der Waals surface area contributed by atoms with Gasteiger partial charge in [-0.25, -0.2) is 9.78 Å². The number of carboxylic acids is 1. The van der Waals surface area contributed by atoms with Crippen LogP contribution in [0.15, 0.2) is 21.3 Å². The topological polar surface area (TPSA) is 89.4 Å². The fourth-order valence-electron chi connectivity index (χ4n) is 1.02. The van der Waals surface area contributed by atoms with E-state index in [4.69, 9.17) is 13.9 Å². The van der Waals surface area contributed by atoms with Crippen molar-refractivity contribution in [2.24, 2.45) is 0 Å². The third-order valence-corrected chi connectivity index (χ3v) is 1.61. The van der Waals surface area contributed by atoms with Gasteiger partial charge in [0.2, 0.25) is 0 Å². The minimum absolute atomic E-state index is 0.0740. The molecule has 0 amide bonds. The molecule has 14 heavy (non-hydrogen) atoms. The van der Waals surface area contributed by atoms with Crippen molar-refractivity contribution < 1.29 is 18.7 Å². The van der Waals surface area contributed by atoms with Gasteiger partial charge in [-0.3, -0.25) is 0 Å². The first kappa shape index (κ1) is 8.49. The molecule has 0 aliphatic carbocycles. The highest BCUT2D eigenvalue weighted by Crippen LogP contribution is 2.19. The second kappa shape index (κ2) is 2.99. The van der Waals surface area contributed by atoms with Crippen LogP contribution in [0.5, 0.6) is 0 Å². The molecular formula is C8H6N2O4. The number of hydrogen-bond acceptors (Lipinski definition) is 5. The standard InChI is InChI=1S/C8H6N2O4/c1-4-5(8(11)12)10-7(14-4)6-9-2-3-13-6/h2-3H,1H3,(H,11,12). The normalized spacial score (nSPS) is 10.4. The molecule has 1 N–H and O–H groups in total. The largest absolute Gasteiger partial charge is 0.476 e. The molecule has 72 valence electrons. The van der Waals surface area contributed by atoms with Crippen LogP contribution in [0, 0.1) is 6.92 Å². The zero-order valence-corrected chi connectivity index (χ0v) is 7.22. The number of carbonyl (C=O) groups is 1. The molecule has 2 rings (SSSR count). The van der Waals surface area contributed by atoms with Crippen molar-refractivity contribution in [3.05, 3.63) is 23.9 Å². The Bertz CT molecular complexity index is 458. The molecule has 0 aromatic carbocycles. The van der Waals surface area contributed by atoms with Crippen molar-refractivity contribution in [2.45, 2.75) is 6.92 Å². The summed E-state index contributed by atoms with van der Waals surface area (Å²) in [4.78, 5) is 18.1. The first-order valence-corrected chi connectivity index (χ1v) is 3.79. The lowest BCUT2D eigenvalue weighted by Crippen LogP contribution is -1.98. The molecule has 2 heterocycles. The number of aromatic carboxylic acids is 1. The van der Waals surface area contributed by atoms with E-state index in [-0.39, 0.29) is 23.2 Å². The molecule has 0 aliphatic heterocycles. The van der Waals surface area contributed by atoms with Crippen molar-refractivity contribution in [1.82, 2.24) is 9.97 Å². The Hall–Kier alpha value is -2.11. The molecule has 0 saturated carbocycles. The van der Waals surface area contributed by atoms with E-state index in [9.17, 15) is 4.79 Å². The third-order valence-electron chi connectivity index (χ3n) is 1.61. The Balaban J connectivity index is 2.48. The van der Waals surface area contributed by atoms with Gasteiger partial charge < -0.3 is 13.9 Å². The third kappa shape index (κ3) is 1.26. The van der Waals surface area contributed by atoms with Crippen molar-refractivity contribution in [3.8, 4) is 11.8 Å². The van der Waals surface area contributed by atoms with Crippen molar-refractivity contribution in [2.75, 3.05) is 0 Å². The lowest BCUT2D eigenvalue weighted by Gasteiger charge is -1.83. The summed E-state index contributed by atoms with van der Waals surface area (Å²) in [6.45, 7) is 1.52. The summed E-state index contributed by atoms with van der Waals surface area (Å²) in [6.07, 6.45) is 2.78. The van der Waals surface area contributed by atoms with Crippen LogP contribution in [0.2, 0.25) is 0 Å². The van der Waals surface area contributed by atoms with Gasteiger partial charge >= 0.3 is 5.97 Å². The minimum Gasteiger partial charge on any atom is -0.476 e. The fraction of sp³-hybridized carbons (Fsp3) is 0.125. The highest BCUT2D eigenvalue weighted by molar-refractivity contribution is 5.86. The van der Waals surface area contributed by atoms with Crippen LogP contribution in [0.3, 0.4) is 0 Å². The monoisotopic (exact) mass is 194 g/mol. The van der Waals surface area contributed by atoms with Gasteiger partial charge in [-0.05, 0) is 6.92 Å². The van der Waals surface area contributed by atoms with Crippen LogP contribution in [-0.2, 0) is 0 Å². The van der Waals surface area contributed by atoms with Crippen LogP contribution < -0.4 is 0 Å². The summed E-state index contributed by atoms with van der Waals surface area (Å²) < 4.78 is 9.98. The van der Waals surface area contributed by atoms with Crippen molar-refractivity contribution >= 4 is 5.97 Å². The SMILES string of the molecule is Cc1oc(-c2ncco2)nc1C(=O)O. The summed E-state index contributed by atoms with van der Waals surface area (Å²) in [5.74, 6) is -0.666. The Kier molecular flexibility index (Phi) is 1.81. The maximum Gasteiger partial charge on any atom is 0.358 e. The molecule has 0 radical (unpaired) electrons. The lowest BCUT2D eigenvalue weighted by atomic mass is 10.4. The predicted octanol–water partition coefficient (Wildman–Crippen LogP) is 1.34. The second-order valence-electron chi connectivity index (χ2n) is 2.57. The molecule has 0 fully saturated rings. The van der Waals surface area contributed by atoms with E-state index in [2.05, 4.69) is 9.97 Å². The van der Waals surface area contributed by atoms with E-state index in [1.807, 2.05) is 0 Å². The average Bonchev–Trinajstić information content (AvgIpc) is 2.70. The van der Waals surface area contributed by atoms with E-state index in [1.54, 1.807) is 0 Å². The fourth-order valence-corrected chi connectivity index (χ4v) is 1.02. The number of oxazole rings is 2. The number of nitrogens with zero attached hydrogens (tertiary/aromatic N) is 2. The van der Waals surface area contributed by atoms with Gasteiger partial charge in [-0.15, -0.1) is 0 Å². The van der Waals surface area contributed by atoms with Gasteiger partial charge in [-0.2, -0.15) is 4.98 Å². The van der Waals surface area contributed by atoms with E-state index in [1.165, 1.54) is 19.4 Å². The van der Waals surface area contributed by atoms with Crippen LogP contribution in [0.25, 0.3) is 11.8 Å². The predicted molar refractivity (Wildman–Crippen MR) is 43.7 cm³/mol.